The Morgan fingerprint density at radius 3 is 2.54 bits per heavy atom. The van der Waals surface area contributed by atoms with Gasteiger partial charge >= 0.3 is 0 Å². The lowest BCUT2D eigenvalue weighted by Crippen LogP contribution is -2.47. The van der Waals surface area contributed by atoms with E-state index in [-0.39, 0.29) is 29.9 Å². The van der Waals surface area contributed by atoms with Crippen LogP contribution in [0.4, 0.5) is 5.69 Å². The van der Waals surface area contributed by atoms with Crippen LogP contribution in [-0.4, -0.2) is 55.1 Å². The molecule has 2 fully saturated rings. The van der Waals surface area contributed by atoms with Crippen LogP contribution in [0.5, 0.6) is 0 Å². The minimum Gasteiger partial charge on any atom is -0.364 e. The minimum absolute atomic E-state index is 0.00601. The maximum atomic E-state index is 13.0. The molecule has 0 aromatic heterocycles. The van der Waals surface area contributed by atoms with Crippen molar-refractivity contribution in [1.82, 2.24) is 4.90 Å². The maximum Gasteiger partial charge on any atom is 0.251 e. The van der Waals surface area contributed by atoms with Crippen molar-refractivity contribution in [2.45, 2.75) is 44.3 Å². The highest BCUT2D eigenvalue weighted by molar-refractivity contribution is 5.97. The molecular formula is C20H27N3O3. The van der Waals surface area contributed by atoms with E-state index < -0.39 is 0 Å². The second-order valence-electron chi connectivity index (χ2n) is 7.53. The van der Waals surface area contributed by atoms with E-state index in [4.69, 9.17) is 10.5 Å². The second kappa shape index (κ2) is 7.37. The van der Waals surface area contributed by atoms with Gasteiger partial charge in [-0.05, 0) is 43.7 Å². The van der Waals surface area contributed by atoms with E-state index in [1.807, 2.05) is 28.0 Å². The van der Waals surface area contributed by atoms with Crippen molar-refractivity contribution in [2.24, 2.45) is 11.7 Å². The fraction of sp³-hybridized carbons (Fsp3) is 0.600. The van der Waals surface area contributed by atoms with Crippen molar-refractivity contribution >= 4 is 17.5 Å². The minimum atomic E-state index is -0.346. The average Bonchev–Trinajstić information content (AvgIpc) is 3.34. The van der Waals surface area contributed by atoms with E-state index in [2.05, 4.69) is 6.07 Å². The lowest BCUT2D eigenvalue weighted by Gasteiger charge is -2.34. The third-order valence-electron chi connectivity index (χ3n) is 5.95. The molecule has 2 saturated heterocycles. The van der Waals surface area contributed by atoms with E-state index in [0.29, 0.717) is 19.6 Å². The molecule has 0 saturated carbocycles. The molecular weight excluding hydrogens is 330 g/mol. The number of likely N-dealkylation sites (tertiary alicyclic amines) is 1. The summed E-state index contributed by atoms with van der Waals surface area (Å²) in [5.74, 6) is 0.284. The number of hydrogen-bond acceptors (Lipinski definition) is 4. The number of fused-ring (bicyclic) bond motifs is 1. The van der Waals surface area contributed by atoms with Gasteiger partial charge in [0, 0.05) is 37.8 Å². The Bertz CT molecular complexity index is 685. The topological polar surface area (TPSA) is 75.9 Å². The van der Waals surface area contributed by atoms with Crippen LogP contribution in [0.1, 0.15) is 31.2 Å². The van der Waals surface area contributed by atoms with Crippen LogP contribution < -0.4 is 10.6 Å². The molecule has 26 heavy (non-hydrogen) atoms. The van der Waals surface area contributed by atoms with Gasteiger partial charge in [0.1, 0.15) is 6.10 Å². The van der Waals surface area contributed by atoms with Gasteiger partial charge < -0.3 is 20.3 Å². The van der Waals surface area contributed by atoms with Crippen molar-refractivity contribution < 1.29 is 14.3 Å². The summed E-state index contributed by atoms with van der Waals surface area (Å²) in [6.45, 7) is 2.52. The van der Waals surface area contributed by atoms with E-state index >= 15 is 0 Å². The number of piperidine rings is 1. The first-order valence-corrected chi connectivity index (χ1v) is 9.71. The lowest BCUT2D eigenvalue weighted by atomic mass is 9.94. The number of benzene rings is 1. The summed E-state index contributed by atoms with van der Waals surface area (Å²) >= 11 is 0. The van der Waals surface area contributed by atoms with E-state index in [0.717, 1.165) is 44.3 Å². The van der Waals surface area contributed by atoms with Gasteiger partial charge in [0.2, 0.25) is 5.91 Å². The fourth-order valence-electron chi connectivity index (χ4n) is 4.40. The van der Waals surface area contributed by atoms with E-state index in [9.17, 15) is 9.59 Å². The molecule has 6 heteroatoms. The third-order valence-corrected chi connectivity index (χ3v) is 5.95. The summed E-state index contributed by atoms with van der Waals surface area (Å²) in [5, 5.41) is 0. The molecule has 140 valence electrons. The molecule has 1 aromatic carbocycles. The first kappa shape index (κ1) is 17.5. The fourth-order valence-corrected chi connectivity index (χ4v) is 4.40. The summed E-state index contributed by atoms with van der Waals surface area (Å²) < 4.78 is 5.73. The number of nitrogens with zero attached hydrogens (tertiary/aromatic N) is 2. The first-order valence-electron chi connectivity index (χ1n) is 9.71. The molecule has 4 rings (SSSR count). The molecule has 6 nitrogen and oxygen atoms in total. The van der Waals surface area contributed by atoms with Gasteiger partial charge in [0.15, 0.2) is 0 Å². The van der Waals surface area contributed by atoms with Crippen molar-refractivity contribution in [3.63, 3.8) is 0 Å². The maximum absolute atomic E-state index is 13.0. The van der Waals surface area contributed by atoms with Gasteiger partial charge in [-0.15, -0.1) is 0 Å². The number of ether oxygens (including phenoxy) is 1. The Morgan fingerprint density at radius 1 is 1.04 bits per heavy atom. The largest absolute Gasteiger partial charge is 0.364 e. The van der Waals surface area contributed by atoms with E-state index in [1.54, 1.807) is 0 Å². The molecule has 3 heterocycles. The Balaban J connectivity index is 1.33. The Kier molecular flexibility index (Phi) is 4.96. The quantitative estimate of drug-likeness (QED) is 0.885. The lowest BCUT2D eigenvalue weighted by molar-refractivity contribution is -0.145. The highest BCUT2D eigenvalue weighted by Crippen LogP contribution is 2.31. The number of anilines is 1. The molecule has 0 aliphatic carbocycles. The number of amides is 2. The number of para-hydroxylation sites is 1. The van der Waals surface area contributed by atoms with Crippen LogP contribution in [0.3, 0.4) is 0 Å². The highest BCUT2D eigenvalue weighted by Gasteiger charge is 2.37. The highest BCUT2D eigenvalue weighted by atomic mass is 16.5. The molecule has 0 spiro atoms. The van der Waals surface area contributed by atoms with Gasteiger partial charge in [-0.2, -0.15) is 0 Å². The normalized spacial score (nSPS) is 26.2. The average molecular weight is 357 g/mol. The monoisotopic (exact) mass is 357 g/mol. The first-order chi connectivity index (χ1) is 12.7. The Morgan fingerprint density at radius 2 is 1.81 bits per heavy atom. The molecule has 2 amide bonds. The van der Waals surface area contributed by atoms with Crippen LogP contribution in [-0.2, 0) is 20.7 Å². The molecule has 0 bridgehead atoms. The molecule has 3 aliphatic heterocycles. The summed E-state index contributed by atoms with van der Waals surface area (Å²) in [5.41, 5.74) is 7.94. The zero-order valence-electron chi connectivity index (χ0n) is 15.1. The zero-order chi connectivity index (χ0) is 18.1. The SMILES string of the molecule is NC[C@H]1CC[C@@H](C(=O)N2CCC(C(=O)N3CCc4ccccc43)CC2)O1. The molecule has 2 N–H and O–H groups in total. The zero-order valence-corrected chi connectivity index (χ0v) is 15.1. The predicted molar refractivity (Wildman–Crippen MR) is 98.8 cm³/mol. The molecule has 0 unspecified atom stereocenters. The van der Waals surface area contributed by atoms with Crippen molar-refractivity contribution in [3.05, 3.63) is 29.8 Å². The summed E-state index contributed by atoms with van der Waals surface area (Å²) in [7, 11) is 0. The predicted octanol–water partition coefficient (Wildman–Crippen LogP) is 1.32. The number of carbonyl (C=O) groups excluding carboxylic acids is 2. The molecule has 1 aromatic rings. The Hall–Kier alpha value is -1.92. The Labute approximate surface area is 154 Å². The van der Waals surface area contributed by atoms with Crippen molar-refractivity contribution in [2.75, 3.05) is 31.1 Å². The van der Waals surface area contributed by atoms with Crippen molar-refractivity contribution in [3.8, 4) is 0 Å². The standard InChI is InChI=1S/C20H27N3O3/c21-13-16-5-6-18(26-16)20(25)22-10-7-15(8-11-22)19(24)23-12-9-14-3-1-2-4-17(14)23/h1-4,15-16,18H,5-13,21H2/t16-,18+/m1/s1. The number of nitrogens with two attached hydrogens (primary N) is 1. The third kappa shape index (κ3) is 3.23. The summed E-state index contributed by atoms with van der Waals surface area (Å²) in [6.07, 6.45) is 3.67. The van der Waals surface area contributed by atoms with Gasteiger partial charge in [-0.3, -0.25) is 9.59 Å². The van der Waals surface area contributed by atoms with Crippen LogP contribution in [0.15, 0.2) is 24.3 Å². The van der Waals surface area contributed by atoms with Gasteiger partial charge in [0.05, 0.1) is 6.10 Å². The van der Waals surface area contributed by atoms with Crippen LogP contribution >= 0.6 is 0 Å². The van der Waals surface area contributed by atoms with Gasteiger partial charge in [-0.1, -0.05) is 18.2 Å². The summed E-state index contributed by atoms with van der Waals surface area (Å²) in [4.78, 5) is 29.4. The number of rotatable bonds is 3. The van der Waals surface area contributed by atoms with E-state index in [1.165, 1.54) is 5.56 Å². The van der Waals surface area contributed by atoms with Gasteiger partial charge in [0.25, 0.3) is 5.91 Å². The van der Waals surface area contributed by atoms with Crippen molar-refractivity contribution in [1.29, 1.82) is 0 Å². The van der Waals surface area contributed by atoms with Crippen LogP contribution in [0.2, 0.25) is 0 Å². The molecule has 3 aliphatic rings. The van der Waals surface area contributed by atoms with Crippen LogP contribution in [0, 0.1) is 5.92 Å². The second-order valence-corrected chi connectivity index (χ2v) is 7.53. The van der Waals surface area contributed by atoms with Crippen LogP contribution in [0.25, 0.3) is 0 Å². The number of carbonyl (C=O) groups is 2. The smallest absolute Gasteiger partial charge is 0.251 e. The van der Waals surface area contributed by atoms with Gasteiger partial charge in [-0.25, -0.2) is 0 Å². The summed E-state index contributed by atoms with van der Waals surface area (Å²) in [6, 6.07) is 8.14. The molecule has 0 radical (unpaired) electrons. The molecule has 2 atom stereocenters. The number of hydrogen-bond donors (Lipinski definition) is 1.